The van der Waals surface area contributed by atoms with Crippen LogP contribution in [0.3, 0.4) is 0 Å². The number of aromatic nitrogens is 3. The molecule has 4 heterocycles. The van der Waals surface area contributed by atoms with Crippen LogP contribution in [-0.2, 0) is 31.4 Å². The fourth-order valence-electron chi connectivity index (χ4n) is 6.70. The fourth-order valence-corrected chi connectivity index (χ4v) is 6.97. The summed E-state index contributed by atoms with van der Waals surface area (Å²) >= 11 is 6.91. The molecule has 1 fully saturated rings. The Bertz CT molecular complexity index is 1980. The van der Waals surface area contributed by atoms with E-state index in [1.807, 2.05) is 49.9 Å². The number of likely N-dealkylation sites (N-methyl/N-ethyl adjacent to an activating group) is 1. The molecule has 2 aromatic heterocycles. The standard InChI is InChI=1S/C37H42ClFN8O4/c1-21-24(25-9-7-11-29(34(25)38)44-37(50)35-42-31-20-45(3)14-13-32(31)46(35)4)8-6-10-27(21)43-36(49)30-16-33(51-5)23(18-41-30)17-40-28-12-15-47(22(2)48)19-26(28)39/h6-11,16,18,26,28,40H,12-15,17,19-20H2,1-5H3,(H,43,49)(H,44,50)/t26-,28+/m1/s1. The minimum Gasteiger partial charge on any atom is -0.496 e. The highest BCUT2D eigenvalue weighted by Gasteiger charge is 2.30. The van der Waals surface area contributed by atoms with Crippen molar-refractivity contribution in [2.75, 3.05) is 44.4 Å². The predicted molar refractivity (Wildman–Crippen MR) is 194 cm³/mol. The van der Waals surface area contributed by atoms with Crippen molar-refractivity contribution in [3.63, 3.8) is 0 Å². The molecule has 4 aromatic rings. The Morgan fingerprint density at radius 2 is 1.76 bits per heavy atom. The Labute approximate surface area is 301 Å². The molecule has 51 heavy (non-hydrogen) atoms. The summed E-state index contributed by atoms with van der Waals surface area (Å²) in [6, 6.07) is 12.1. The van der Waals surface area contributed by atoms with Crippen molar-refractivity contribution >= 4 is 40.7 Å². The molecule has 2 aliphatic rings. The summed E-state index contributed by atoms with van der Waals surface area (Å²) < 4.78 is 22.1. The van der Waals surface area contributed by atoms with Crippen molar-refractivity contribution in [2.24, 2.45) is 7.05 Å². The number of hydrogen-bond donors (Lipinski definition) is 3. The number of benzene rings is 2. The zero-order valence-electron chi connectivity index (χ0n) is 29.3. The van der Waals surface area contributed by atoms with Crippen LogP contribution in [0.25, 0.3) is 11.1 Å². The molecule has 1 saturated heterocycles. The van der Waals surface area contributed by atoms with Crippen molar-refractivity contribution in [2.45, 2.75) is 52.0 Å². The Morgan fingerprint density at radius 1 is 1.04 bits per heavy atom. The largest absolute Gasteiger partial charge is 0.496 e. The van der Waals surface area contributed by atoms with Crippen molar-refractivity contribution in [3.05, 3.63) is 87.7 Å². The Hall–Kier alpha value is -4.85. The van der Waals surface area contributed by atoms with Gasteiger partial charge in [0, 0.05) is 87.4 Å². The van der Waals surface area contributed by atoms with E-state index in [1.54, 1.807) is 24.4 Å². The quantitative estimate of drug-likeness (QED) is 0.221. The molecule has 12 nitrogen and oxygen atoms in total. The molecule has 2 aliphatic heterocycles. The topological polar surface area (TPSA) is 134 Å². The monoisotopic (exact) mass is 716 g/mol. The van der Waals surface area contributed by atoms with Gasteiger partial charge in [-0.3, -0.25) is 19.4 Å². The summed E-state index contributed by atoms with van der Waals surface area (Å²) in [6.45, 7) is 5.75. The third-order valence-corrected chi connectivity index (χ3v) is 10.1. The molecule has 3 amide bonds. The summed E-state index contributed by atoms with van der Waals surface area (Å²) in [7, 11) is 5.39. The van der Waals surface area contributed by atoms with E-state index in [-0.39, 0.29) is 30.6 Å². The third-order valence-electron chi connectivity index (χ3n) is 9.71. The van der Waals surface area contributed by atoms with E-state index in [1.165, 1.54) is 18.9 Å². The highest BCUT2D eigenvalue weighted by Crippen LogP contribution is 2.38. The maximum Gasteiger partial charge on any atom is 0.291 e. The first-order chi connectivity index (χ1) is 24.4. The van der Waals surface area contributed by atoms with Crippen LogP contribution < -0.4 is 20.7 Å². The summed E-state index contributed by atoms with van der Waals surface area (Å²) in [6.07, 6.45) is 1.66. The van der Waals surface area contributed by atoms with E-state index >= 15 is 0 Å². The minimum atomic E-state index is -1.19. The molecule has 0 spiro atoms. The summed E-state index contributed by atoms with van der Waals surface area (Å²) in [5, 5.41) is 9.46. The molecule has 14 heteroatoms. The summed E-state index contributed by atoms with van der Waals surface area (Å²) in [4.78, 5) is 51.1. The third kappa shape index (κ3) is 7.60. The fraction of sp³-hybridized carbons (Fsp3) is 0.378. The number of rotatable bonds is 9. The molecule has 0 radical (unpaired) electrons. The number of anilines is 2. The van der Waals surface area contributed by atoms with Crippen LogP contribution in [0.5, 0.6) is 5.75 Å². The lowest BCUT2D eigenvalue weighted by Crippen LogP contribution is -2.51. The molecule has 2 atom stereocenters. The number of carbonyl (C=O) groups is 3. The summed E-state index contributed by atoms with van der Waals surface area (Å²) in [5.41, 5.74) is 6.01. The highest BCUT2D eigenvalue weighted by molar-refractivity contribution is 6.36. The molecule has 0 bridgehead atoms. The number of halogens is 2. The molecule has 6 rings (SSSR count). The lowest BCUT2D eigenvalue weighted by Gasteiger charge is -2.34. The van der Waals surface area contributed by atoms with Gasteiger partial charge in [0.2, 0.25) is 5.91 Å². The molecule has 3 N–H and O–H groups in total. The van der Waals surface area contributed by atoms with Crippen LogP contribution in [-0.4, -0.2) is 88.1 Å². The zero-order chi connectivity index (χ0) is 36.4. The molecule has 2 aromatic carbocycles. The number of imidazole rings is 1. The van der Waals surface area contributed by atoms with E-state index in [0.29, 0.717) is 58.6 Å². The number of methoxy groups -OCH3 is 1. The number of amides is 3. The van der Waals surface area contributed by atoms with Crippen LogP contribution in [0.15, 0.2) is 48.7 Å². The molecular formula is C37H42ClFN8O4. The number of alkyl halides is 1. The number of piperidine rings is 1. The Morgan fingerprint density at radius 3 is 2.49 bits per heavy atom. The number of pyridine rings is 1. The second-order valence-electron chi connectivity index (χ2n) is 13.1. The minimum absolute atomic E-state index is 0.0574. The first-order valence-electron chi connectivity index (χ1n) is 16.8. The maximum atomic E-state index is 14.7. The van der Waals surface area contributed by atoms with Crippen molar-refractivity contribution in [1.82, 2.24) is 29.7 Å². The van der Waals surface area contributed by atoms with Crippen molar-refractivity contribution < 1.29 is 23.5 Å². The molecule has 0 unspecified atom stereocenters. The average molecular weight is 717 g/mol. The van der Waals surface area contributed by atoms with Crippen LogP contribution in [0, 0.1) is 6.92 Å². The maximum absolute atomic E-state index is 14.7. The van der Waals surface area contributed by atoms with Crippen molar-refractivity contribution in [3.8, 4) is 16.9 Å². The molecule has 0 aliphatic carbocycles. The SMILES string of the molecule is COc1cc(C(=O)Nc2cccc(-c3cccc(NC(=O)c4nc5c(n4C)CCN(C)C5)c3Cl)c2C)ncc1CN[C@H]1CCN(C(C)=O)C[C@H]1F. The number of hydrogen-bond acceptors (Lipinski definition) is 8. The van der Waals surface area contributed by atoms with E-state index in [9.17, 15) is 18.8 Å². The predicted octanol–water partition coefficient (Wildman–Crippen LogP) is 4.99. The second kappa shape index (κ2) is 15.2. The van der Waals surface area contributed by atoms with Gasteiger partial charge in [-0.2, -0.15) is 0 Å². The normalized spacial score (nSPS) is 17.5. The van der Waals surface area contributed by atoms with Gasteiger partial charge in [0.1, 0.15) is 17.6 Å². The average Bonchev–Trinajstić information content (AvgIpc) is 3.44. The lowest BCUT2D eigenvalue weighted by atomic mass is 9.98. The Balaban J connectivity index is 1.15. The number of carbonyl (C=O) groups excluding carboxylic acids is 3. The van der Waals surface area contributed by atoms with Gasteiger partial charge in [0.25, 0.3) is 11.8 Å². The van der Waals surface area contributed by atoms with Gasteiger partial charge in [-0.05, 0) is 43.7 Å². The van der Waals surface area contributed by atoms with E-state index < -0.39 is 18.1 Å². The van der Waals surface area contributed by atoms with E-state index in [0.717, 1.165) is 35.5 Å². The first kappa shape index (κ1) is 36.0. The van der Waals surface area contributed by atoms with Gasteiger partial charge < -0.3 is 35.1 Å². The number of nitrogens with one attached hydrogen (secondary N) is 3. The summed E-state index contributed by atoms with van der Waals surface area (Å²) in [5.74, 6) is -0.160. The van der Waals surface area contributed by atoms with Gasteiger partial charge in [0.15, 0.2) is 5.82 Å². The highest BCUT2D eigenvalue weighted by atomic mass is 35.5. The number of fused-ring (bicyclic) bond motifs is 1. The van der Waals surface area contributed by atoms with Crippen LogP contribution >= 0.6 is 11.6 Å². The van der Waals surface area contributed by atoms with Gasteiger partial charge in [-0.25, -0.2) is 9.37 Å². The van der Waals surface area contributed by atoms with Crippen LogP contribution in [0.4, 0.5) is 15.8 Å². The first-order valence-corrected chi connectivity index (χ1v) is 17.2. The number of nitrogens with zero attached hydrogens (tertiary/aromatic N) is 5. The van der Waals surface area contributed by atoms with Crippen LogP contribution in [0.2, 0.25) is 5.02 Å². The van der Waals surface area contributed by atoms with Gasteiger partial charge in [-0.1, -0.05) is 35.9 Å². The molecular weight excluding hydrogens is 675 g/mol. The van der Waals surface area contributed by atoms with Crippen molar-refractivity contribution in [1.29, 1.82) is 0 Å². The second-order valence-corrected chi connectivity index (χ2v) is 13.4. The zero-order valence-corrected chi connectivity index (χ0v) is 30.1. The lowest BCUT2D eigenvalue weighted by molar-refractivity contribution is -0.131. The van der Waals surface area contributed by atoms with Gasteiger partial charge >= 0.3 is 0 Å². The molecule has 0 saturated carbocycles. The number of ether oxygens (including phenoxy) is 1. The van der Waals surface area contributed by atoms with E-state index in [2.05, 4.69) is 30.8 Å². The number of likely N-dealkylation sites (tertiary alicyclic amines) is 1. The Kier molecular flexibility index (Phi) is 10.7. The van der Waals surface area contributed by atoms with E-state index in [4.69, 9.17) is 16.3 Å². The van der Waals surface area contributed by atoms with Gasteiger partial charge in [-0.15, -0.1) is 0 Å². The smallest absolute Gasteiger partial charge is 0.291 e. The molecule has 268 valence electrons. The van der Waals surface area contributed by atoms with Crippen LogP contribution in [0.1, 0.15) is 57.0 Å². The van der Waals surface area contributed by atoms with Gasteiger partial charge in [0.05, 0.1) is 30.1 Å².